The lowest BCUT2D eigenvalue weighted by Gasteiger charge is -2.26. The predicted octanol–water partition coefficient (Wildman–Crippen LogP) is 4.86. The van der Waals surface area contributed by atoms with Crippen molar-refractivity contribution in [3.05, 3.63) is 96.1 Å². The highest BCUT2D eigenvalue weighted by molar-refractivity contribution is 7.80. The molecule has 6 heteroatoms. The number of aryl methyl sites for hydroxylation is 1. The van der Waals surface area contributed by atoms with Crippen LogP contribution in [0.5, 0.6) is 5.75 Å². The van der Waals surface area contributed by atoms with Gasteiger partial charge in [-0.05, 0) is 36.1 Å². The van der Waals surface area contributed by atoms with Gasteiger partial charge in [0.05, 0.1) is 0 Å². The second-order valence-corrected chi connectivity index (χ2v) is 7.86. The third kappa shape index (κ3) is 6.89. The summed E-state index contributed by atoms with van der Waals surface area (Å²) in [6.07, 6.45) is 1.31. The van der Waals surface area contributed by atoms with Gasteiger partial charge in [-0.3, -0.25) is 9.59 Å². The van der Waals surface area contributed by atoms with Crippen molar-refractivity contribution in [2.75, 3.05) is 17.2 Å². The smallest absolute Gasteiger partial charge is 0.323 e. The molecule has 1 unspecified atom stereocenters. The first kappa shape index (κ1) is 23.4. The largest absolute Gasteiger partial charge is 0.489 e. The number of hydrogen-bond donors (Lipinski definition) is 2. The second-order valence-electron chi connectivity index (χ2n) is 7.49. The van der Waals surface area contributed by atoms with E-state index >= 15 is 0 Å². The van der Waals surface area contributed by atoms with Crippen molar-refractivity contribution in [3.8, 4) is 5.75 Å². The minimum absolute atomic E-state index is 0.251. The lowest BCUT2D eigenvalue weighted by molar-refractivity contribution is -0.137. The number of carbonyl (C=O) groups excluding carboxylic acids is 1. The number of rotatable bonds is 11. The van der Waals surface area contributed by atoms with Crippen LogP contribution >= 0.6 is 12.6 Å². The molecule has 166 valence electrons. The number of hydrogen-bond acceptors (Lipinski definition) is 4. The molecule has 1 amide bonds. The third-order valence-electron chi connectivity index (χ3n) is 5.13. The molecule has 3 rings (SSSR count). The number of benzene rings is 3. The lowest BCUT2D eigenvalue weighted by atomic mass is 9.99. The maximum Gasteiger partial charge on any atom is 0.323 e. The number of aliphatic carboxylic acids is 1. The summed E-state index contributed by atoms with van der Waals surface area (Å²) in [5, 5.41) is 9.43. The van der Waals surface area contributed by atoms with E-state index in [-0.39, 0.29) is 5.91 Å². The average molecular weight is 450 g/mol. The summed E-state index contributed by atoms with van der Waals surface area (Å²) in [6.45, 7) is -0.0376. The molecule has 0 radical (unpaired) electrons. The van der Waals surface area contributed by atoms with Gasteiger partial charge in [0.25, 0.3) is 0 Å². The molecule has 0 heterocycles. The summed E-state index contributed by atoms with van der Waals surface area (Å²) in [7, 11) is 0. The summed E-state index contributed by atoms with van der Waals surface area (Å²) in [6, 6.07) is 26.6. The monoisotopic (exact) mass is 449 g/mol. The molecule has 0 fully saturated rings. The molecule has 3 aromatic rings. The van der Waals surface area contributed by atoms with E-state index in [4.69, 9.17) is 4.74 Å². The second kappa shape index (κ2) is 12.0. The maximum absolute atomic E-state index is 13.3. The molecular formula is C26H27NO4S. The first-order valence-corrected chi connectivity index (χ1v) is 11.1. The van der Waals surface area contributed by atoms with Crippen LogP contribution in [0.4, 0.5) is 5.69 Å². The quantitative estimate of drug-likeness (QED) is 0.410. The van der Waals surface area contributed by atoms with Crippen molar-refractivity contribution in [1.82, 2.24) is 0 Å². The number of amides is 1. The van der Waals surface area contributed by atoms with Crippen LogP contribution in [0.2, 0.25) is 0 Å². The van der Waals surface area contributed by atoms with Crippen LogP contribution in [0.3, 0.4) is 0 Å². The van der Waals surface area contributed by atoms with E-state index in [1.165, 1.54) is 4.90 Å². The Hall–Kier alpha value is -3.25. The Labute approximate surface area is 194 Å². The van der Waals surface area contributed by atoms with E-state index in [0.29, 0.717) is 30.2 Å². The molecule has 0 aliphatic heterocycles. The number of anilines is 1. The Morgan fingerprint density at radius 2 is 1.56 bits per heavy atom. The van der Waals surface area contributed by atoms with Crippen molar-refractivity contribution in [3.63, 3.8) is 0 Å². The molecule has 1 atom stereocenters. The third-order valence-corrected chi connectivity index (χ3v) is 5.57. The van der Waals surface area contributed by atoms with Gasteiger partial charge in [0, 0.05) is 23.4 Å². The Kier molecular flexibility index (Phi) is 8.75. The van der Waals surface area contributed by atoms with Crippen LogP contribution in [-0.4, -0.2) is 29.3 Å². The van der Waals surface area contributed by atoms with Crippen molar-refractivity contribution in [2.45, 2.75) is 19.4 Å². The summed E-state index contributed by atoms with van der Waals surface area (Å²) < 4.78 is 5.86. The van der Waals surface area contributed by atoms with Gasteiger partial charge >= 0.3 is 5.97 Å². The highest BCUT2D eigenvalue weighted by Gasteiger charge is 2.26. The minimum Gasteiger partial charge on any atom is -0.489 e. The molecule has 3 aromatic carbocycles. The van der Waals surface area contributed by atoms with Crippen molar-refractivity contribution in [1.29, 1.82) is 0 Å². The predicted molar refractivity (Wildman–Crippen MR) is 129 cm³/mol. The fourth-order valence-electron chi connectivity index (χ4n) is 3.41. The summed E-state index contributed by atoms with van der Waals surface area (Å²) in [4.78, 5) is 26.1. The van der Waals surface area contributed by atoms with Crippen molar-refractivity contribution < 1.29 is 19.4 Å². The zero-order valence-corrected chi connectivity index (χ0v) is 18.7. The van der Waals surface area contributed by atoms with Crippen LogP contribution in [0.1, 0.15) is 17.5 Å². The zero-order valence-electron chi connectivity index (χ0n) is 17.8. The molecule has 0 bridgehead atoms. The van der Waals surface area contributed by atoms with E-state index in [0.717, 1.165) is 17.5 Å². The number of thiol groups is 1. The van der Waals surface area contributed by atoms with Crippen LogP contribution in [0, 0.1) is 5.92 Å². The summed E-state index contributed by atoms with van der Waals surface area (Å²) in [5.41, 5.74) is 2.65. The van der Waals surface area contributed by atoms with Crippen LogP contribution in [0.15, 0.2) is 84.9 Å². The van der Waals surface area contributed by atoms with E-state index in [2.05, 4.69) is 12.6 Å². The number of carbonyl (C=O) groups is 2. The van der Waals surface area contributed by atoms with Crippen molar-refractivity contribution in [2.24, 2.45) is 5.92 Å². The van der Waals surface area contributed by atoms with Crippen LogP contribution < -0.4 is 9.64 Å². The summed E-state index contributed by atoms with van der Waals surface area (Å²) >= 11 is 4.37. The van der Waals surface area contributed by atoms with Gasteiger partial charge in [-0.25, -0.2) is 0 Å². The first-order valence-electron chi connectivity index (χ1n) is 10.5. The molecule has 1 N–H and O–H groups in total. The Balaban J connectivity index is 1.74. The van der Waals surface area contributed by atoms with Gasteiger partial charge in [0.1, 0.15) is 18.9 Å². The molecule has 0 aliphatic rings. The molecule has 0 spiro atoms. The number of nitrogens with zero attached hydrogens (tertiary/aromatic N) is 1. The first-order chi connectivity index (χ1) is 15.6. The molecule has 5 nitrogen and oxygen atoms in total. The fourth-order valence-corrected chi connectivity index (χ4v) is 3.75. The highest BCUT2D eigenvalue weighted by Crippen LogP contribution is 2.25. The number of ether oxygens (including phenoxy) is 1. The standard InChI is InChI=1S/C26H27NO4S/c28-25(29)17-27(26(30)22(19-32)15-14-20-8-3-1-4-9-20)23-12-7-13-24(16-23)31-18-21-10-5-2-6-11-21/h1-13,16,22,32H,14-15,17-19H2,(H,28,29). The van der Waals surface area contributed by atoms with Gasteiger partial charge in [0.2, 0.25) is 5.91 Å². The van der Waals surface area contributed by atoms with Crippen molar-refractivity contribution >= 4 is 30.2 Å². The van der Waals surface area contributed by atoms with Gasteiger partial charge in [-0.1, -0.05) is 66.7 Å². The SMILES string of the molecule is O=C(O)CN(C(=O)C(CS)CCc1ccccc1)c1cccc(OCc2ccccc2)c1. The molecule has 0 saturated heterocycles. The van der Waals surface area contributed by atoms with Gasteiger partial charge in [0.15, 0.2) is 0 Å². The zero-order chi connectivity index (χ0) is 22.8. The minimum atomic E-state index is -1.07. The lowest BCUT2D eigenvalue weighted by Crippen LogP contribution is -2.40. The van der Waals surface area contributed by atoms with Crippen LogP contribution in [-0.2, 0) is 22.6 Å². The molecule has 0 aliphatic carbocycles. The molecule has 32 heavy (non-hydrogen) atoms. The fraction of sp³-hybridized carbons (Fsp3) is 0.231. The van der Waals surface area contributed by atoms with Crippen LogP contribution in [0.25, 0.3) is 0 Å². The highest BCUT2D eigenvalue weighted by atomic mass is 32.1. The normalized spacial score (nSPS) is 11.5. The van der Waals surface area contributed by atoms with Gasteiger partial charge in [-0.15, -0.1) is 0 Å². The van der Waals surface area contributed by atoms with Gasteiger partial charge < -0.3 is 14.7 Å². The topological polar surface area (TPSA) is 66.8 Å². The van der Waals surface area contributed by atoms with E-state index in [1.807, 2.05) is 60.7 Å². The Morgan fingerprint density at radius 1 is 0.906 bits per heavy atom. The Bertz CT molecular complexity index is 1010. The van der Waals surface area contributed by atoms with E-state index < -0.39 is 18.4 Å². The Morgan fingerprint density at radius 3 is 2.19 bits per heavy atom. The van der Waals surface area contributed by atoms with E-state index in [1.54, 1.807) is 24.3 Å². The van der Waals surface area contributed by atoms with Gasteiger partial charge in [-0.2, -0.15) is 12.6 Å². The maximum atomic E-state index is 13.3. The molecular weight excluding hydrogens is 422 g/mol. The average Bonchev–Trinajstić information content (AvgIpc) is 2.83. The molecule has 0 aromatic heterocycles. The number of carboxylic acids is 1. The van der Waals surface area contributed by atoms with E-state index in [9.17, 15) is 14.7 Å². The molecule has 0 saturated carbocycles. The number of carboxylic acid groups (broad SMARTS) is 1. The summed E-state index contributed by atoms with van der Waals surface area (Å²) in [5.74, 6) is -0.812.